The molecule has 0 N–H and O–H groups in total. The molecule has 7 heteroatoms. The number of carbonyl (C=O) groups excluding carboxylic acids is 1. The number of rotatable bonds is 4. The Morgan fingerprint density at radius 2 is 1.90 bits per heavy atom. The fourth-order valence-corrected chi connectivity index (χ4v) is 3.72. The van der Waals surface area contributed by atoms with Crippen molar-refractivity contribution >= 4 is 23.3 Å². The van der Waals surface area contributed by atoms with E-state index in [4.69, 9.17) is 16.3 Å². The minimum Gasteiger partial charge on any atom is -0.439 e. The van der Waals surface area contributed by atoms with Gasteiger partial charge in [0.1, 0.15) is 17.9 Å². The van der Waals surface area contributed by atoms with Crippen LogP contribution >= 0.6 is 11.6 Å². The van der Waals surface area contributed by atoms with Crippen molar-refractivity contribution in [1.82, 2.24) is 14.9 Å². The van der Waals surface area contributed by atoms with Gasteiger partial charge in [0, 0.05) is 42.3 Å². The van der Waals surface area contributed by atoms with E-state index in [1.165, 1.54) is 6.33 Å². The molecule has 0 bridgehead atoms. The lowest BCUT2D eigenvalue weighted by Gasteiger charge is -2.40. The third-order valence-electron chi connectivity index (χ3n) is 5.16. The zero-order valence-corrected chi connectivity index (χ0v) is 17.7. The Balaban J connectivity index is 1.44. The average Bonchev–Trinajstić information content (AvgIpc) is 2.74. The van der Waals surface area contributed by atoms with E-state index in [-0.39, 0.29) is 11.9 Å². The second-order valence-electron chi connectivity index (χ2n) is 7.43. The molecule has 1 atom stereocenters. The summed E-state index contributed by atoms with van der Waals surface area (Å²) >= 11 is 6.02. The van der Waals surface area contributed by atoms with Gasteiger partial charge in [-0.2, -0.15) is 0 Å². The van der Waals surface area contributed by atoms with Crippen molar-refractivity contribution in [2.75, 3.05) is 24.5 Å². The first-order chi connectivity index (χ1) is 14.5. The molecule has 1 aromatic heterocycles. The first-order valence-corrected chi connectivity index (χ1v) is 10.3. The zero-order valence-electron chi connectivity index (χ0n) is 17.0. The van der Waals surface area contributed by atoms with E-state index >= 15 is 0 Å². The predicted octanol–water partition coefficient (Wildman–Crippen LogP) is 4.58. The molecular weight excluding hydrogens is 400 g/mol. The standard InChI is InChI=1S/C23H23ClN4O2/c1-16-6-8-18(9-7-16)23(29)28-11-10-27(14-17(28)2)21-13-22(26-15-25-21)30-20-5-3-4-19(24)12-20/h3-9,12-13,15,17H,10-11,14H2,1-2H3/t17-/m1/s1. The molecule has 1 saturated heterocycles. The number of halogens is 1. The molecule has 0 aliphatic carbocycles. The summed E-state index contributed by atoms with van der Waals surface area (Å²) in [6, 6.07) is 16.8. The Morgan fingerprint density at radius 3 is 2.63 bits per heavy atom. The summed E-state index contributed by atoms with van der Waals surface area (Å²) in [5.74, 6) is 1.91. The zero-order chi connectivity index (χ0) is 21.1. The Morgan fingerprint density at radius 1 is 1.10 bits per heavy atom. The van der Waals surface area contributed by atoms with Crippen molar-refractivity contribution in [3.05, 3.63) is 77.1 Å². The molecule has 154 valence electrons. The molecule has 1 amide bonds. The SMILES string of the molecule is Cc1ccc(C(=O)N2CCN(c3cc(Oc4cccc(Cl)c4)ncn3)C[C@H]2C)cc1. The lowest BCUT2D eigenvalue weighted by molar-refractivity contribution is 0.0673. The van der Waals surface area contributed by atoms with Crippen LogP contribution in [0.2, 0.25) is 5.02 Å². The molecule has 0 radical (unpaired) electrons. The van der Waals surface area contributed by atoms with Crippen molar-refractivity contribution in [1.29, 1.82) is 0 Å². The third kappa shape index (κ3) is 4.54. The van der Waals surface area contributed by atoms with E-state index < -0.39 is 0 Å². The van der Waals surface area contributed by atoms with Crippen molar-refractivity contribution in [2.24, 2.45) is 0 Å². The maximum absolute atomic E-state index is 12.9. The van der Waals surface area contributed by atoms with Gasteiger partial charge in [0.25, 0.3) is 5.91 Å². The average molecular weight is 423 g/mol. The minimum absolute atomic E-state index is 0.0554. The van der Waals surface area contributed by atoms with Crippen LogP contribution in [-0.2, 0) is 0 Å². The smallest absolute Gasteiger partial charge is 0.254 e. The normalized spacial score (nSPS) is 16.4. The molecule has 2 heterocycles. The molecule has 0 saturated carbocycles. The number of nitrogens with zero attached hydrogens (tertiary/aromatic N) is 4. The summed E-state index contributed by atoms with van der Waals surface area (Å²) in [7, 11) is 0. The van der Waals surface area contributed by atoms with E-state index in [9.17, 15) is 4.79 Å². The molecule has 0 unspecified atom stereocenters. The van der Waals surface area contributed by atoms with Gasteiger partial charge in [-0.25, -0.2) is 9.97 Å². The number of amides is 1. The summed E-state index contributed by atoms with van der Waals surface area (Å²) < 4.78 is 5.82. The van der Waals surface area contributed by atoms with Gasteiger partial charge in [-0.1, -0.05) is 35.4 Å². The fraction of sp³-hybridized carbons (Fsp3) is 0.261. The maximum Gasteiger partial charge on any atom is 0.254 e. The highest BCUT2D eigenvalue weighted by molar-refractivity contribution is 6.30. The molecule has 3 aromatic rings. The van der Waals surface area contributed by atoms with Crippen LogP contribution < -0.4 is 9.64 Å². The second kappa shape index (κ2) is 8.71. The molecular formula is C23H23ClN4O2. The van der Waals surface area contributed by atoms with Crippen molar-refractivity contribution in [2.45, 2.75) is 19.9 Å². The molecule has 4 rings (SSSR count). The van der Waals surface area contributed by atoms with Gasteiger partial charge in [-0.3, -0.25) is 4.79 Å². The van der Waals surface area contributed by atoms with Crippen LogP contribution in [0.4, 0.5) is 5.82 Å². The summed E-state index contributed by atoms with van der Waals surface area (Å²) in [5, 5.41) is 0.602. The maximum atomic E-state index is 12.9. The van der Waals surface area contributed by atoms with Crippen molar-refractivity contribution < 1.29 is 9.53 Å². The highest BCUT2D eigenvalue weighted by atomic mass is 35.5. The largest absolute Gasteiger partial charge is 0.439 e. The van der Waals surface area contributed by atoms with E-state index in [2.05, 4.69) is 21.8 Å². The van der Waals surface area contributed by atoms with Gasteiger partial charge in [0.15, 0.2) is 0 Å². The number of benzene rings is 2. The van der Waals surface area contributed by atoms with E-state index in [0.29, 0.717) is 36.3 Å². The molecule has 1 aliphatic rings. The van der Waals surface area contributed by atoms with E-state index in [0.717, 1.165) is 16.9 Å². The number of hydrogen-bond acceptors (Lipinski definition) is 5. The monoisotopic (exact) mass is 422 g/mol. The summed E-state index contributed by atoms with van der Waals surface area (Å²) in [6.45, 7) is 6.08. The van der Waals surface area contributed by atoms with Gasteiger partial charge in [-0.05, 0) is 44.2 Å². The van der Waals surface area contributed by atoms with Gasteiger partial charge in [0.2, 0.25) is 5.88 Å². The summed E-state index contributed by atoms with van der Waals surface area (Å²) in [5.41, 5.74) is 1.86. The highest BCUT2D eigenvalue weighted by Crippen LogP contribution is 2.26. The molecule has 2 aromatic carbocycles. The Kier molecular flexibility index (Phi) is 5.86. The van der Waals surface area contributed by atoms with Crippen molar-refractivity contribution in [3.63, 3.8) is 0 Å². The Labute approximate surface area is 181 Å². The number of aromatic nitrogens is 2. The summed E-state index contributed by atoms with van der Waals surface area (Å²) in [4.78, 5) is 25.6. The van der Waals surface area contributed by atoms with Gasteiger partial charge < -0.3 is 14.5 Å². The first kappa shape index (κ1) is 20.2. The second-order valence-corrected chi connectivity index (χ2v) is 7.87. The van der Waals surface area contributed by atoms with Gasteiger partial charge in [0.05, 0.1) is 0 Å². The van der Waals surface area contributed by atoms with Gasteiger partial charge in [-0.15, -0.1) is 0 Å². The van der Waals surface area contributed by atoms with E-state index in [1.807, 2.05) is 54.3 Å². The fourth-order valence-electron chi connectivity index (χ4n) is 3.54. The van der Waals surface area contributed by atoms with Crippen LogP contribution in [0.1, 0.15) is 22.8 Å². The molecule has 1 fully saturated rings. The van der Waals surface area contributed by atoms with Crippen LogP contribution in [0, 0.1) is 6.92 Å². The first-order valence-electron chi connectivity index (χ1n) is 9.87. The molecule has 1 aliphatic heterocycles. The Hall–Kier alpha value is -3.12. The van der Waals surface area contributed by atoms with Crippen LogP contribution in [0.5, 0.6) is 11.6 Å². The lowest BCUT2D eigenvalue weighted by atomic mass is 10.1. The number of ether oxygens (including phenoxy) is 1. The number of aryl methyl sites for hydroxylation is 1. The molecule has 0 spiro atoms. The van der Waals surface area contributed by atoms with Crippen molar-refractivity contribution in [3.8, 4) is 11.6 Å². The van der Waals surface area contributed by atoms with Crippen LogP contribution in [0.15, 0.2) is 60.9 Å². The number of anilines is 1. The summed E-state index contributed by atoms with van der Waals surface area (Å²) in [6.07, 6.45) is 1.49. The Bertz CT molecular complexity index is 1040. The van der Waals surface area contributed by atoms with Crippen LogP contribution in [0.25, 0.3) is 0 Å². The van der Waals surface area contributed by atoms with Crippen LogP contribution in [0.3, 0.4) is 0 Å². The lowest BCUT2D eigenvalue weighted by Crippen LogP contribution is -2.54. The van der Waals surface area contributed by atoms with Gasteiger partial charge >= 0.3 is 0 Å². The highest BCUT2D eigenvalue weighted by Gasteiger charge is 2.29. The predicted molar refractivity (Wildman–Crippen MR) is 117 cm³/mol. The number of carbonyl (C=O) groups is 1. The number of piperazine rings is 1. The number of hydrogen-bond donors (Lipinski definition) is 0. The van der Waals surface area contributed by atoms with E-state index in [1.54, 1.807) is 12.1 Å². The molecule has 6 nitrogen and oxygen atoms in total. The third-order valence-corrected chi connectivity index (χ3v) is 5.39. The minimum atomic E-state index is 0.0554. The quantitative estimate of drug-likeness (QED) is 0.615. The van der Waals surface area contributed by atoms with Crippen LogP contribution in [-0.4, -0.2) is 46.5 Å². The topological polar surface area (TPSA) is 58.6 Å². The molecule has 30 heavy (non-hydrogen) atoms.